The lowest BCUT2D eigenvalue weighted by atomic mass is 10.0. The first kappa shape index (κ1) is 19.8. The van der Waals surface area contributed by atoms with Crippen LogP contribution in [0.5, 0.6) is 0 Å². The quantitative estimate of drug-likeness (QED) is 0.528. The van der Waals surface area contributed by atoms with E-state index in [2.05, 4.69) is 10.6 Å². The molecule has 0 unspecified atom stereocenters. The van der Waals surface area contributed by atoms with Gasteiger partial charge < -0.3 is 15.7 Å². The Morgan fingerprint density at radius 1 is 1.00 bits per heavy atom. The molecule has 144 valence electrons. The second kappa shape index (κ2) is 9.30. The fraction of sp³-hybridized carbons (Fsp3) is 0.182. The van der Waals surface area contributed by atoms with Gasteiger partial charge in [0.25, 0.3) is 11.8 Å². The van der Waals surface area contributed by atoms with E-state index in [1.807, 2.05) is 54.8 Å². The summed E-state index contributed by atoms with van der Waals surface area (Å²) in [4.78, 5) is 25.5. The number of carbonyl (C=O) groups excluding carboxylic acids is 2. The van der Waals surface area contributed by atoms with Crippen molar-refractivity contribution in [2.75, 3.05) is 18.5 Å². The maximum atomic E-state index is 12.8. The Hall–Kier alpha value is -2.96. The Labute approximate surface area is 168 Å². The fourth-order valence-corrected chi connectivity index (χ4v) is 3.72. The maximum Gasteiger partial charge on any atom is 0.256 e. The van der Waals surface area contributed by atoms with Crippen LogP contribution in [0.2, 0.25) is 0 Å². The first-order valence-electron chi connectivity index (χ1n) is 9.04. The van der Waals surface area contributed by atoms with E-state index in [4.69, 9.17) is 5.11 Å². The van der Waals surface area contributed by atoms with Gasteiger partial charge in [-0.3, -0.25) is 9.59 Å². The van der Waals surface area contributed by atoms with Crippen LogP contribution in [0.3, 0.4) is 0 Å². The first-order chi connectivity index (χ1) is 13.6. The van der Waals surface area contributed by atoms with Crippen LogP contribution in [-0.4, -0.2) is 30.1 Å². The summed E-state index contributed by atoms with van der Waals surface area (Å²) >= 11 is 1.32. The van der Waals surface area contributed by atoms with Crippen molar-refractivity contribution in [3.63, 3.8) is 0 Å². The van der Waals surface area contributed by atoms with E-state index in [0.29, 0.717) is 29.1 Å². The molecule has 3 N–H and O–H groups in total. The van der Waals surface area contributed by atoms with Crippen molar-refractivity contribution < 1.29 is 14.7 Å². The molecule has 0 radical (unpaired) electrons. The van der Waals surface area contributed by atoms with Crippen LogP contribution < -0.4 is 10.6 Å². The standard InChI is InChI=1S/C22H22N2O3S/c1-15-8-10-17(11-9-15)20(26)24-22-19(21(27)23-12-5-13-25)18(14-28-22)16-6-3-2-4-7-16/h2-4,6-11,14,25H,5,12-13H2,1H3,(H,23,27)(H,24,26). The smallest absolute Gasteiger partial charge is 0.256 e. The Balaban J connectivity index is 1.91. The van der Waals surface area contributed by atoms with Crippen molar-refractivity contribution in [3.8, 4) is 11.1 Å². The Morgan fingerprint density at radius 3 is 2.39 bits per heavy atom. The van der Waals surface area contributed by atoms with Crippen LogP contribution in [-0.2, 0) is 0 Å². The molecule has 6 heteroatoms. The molecule has 0 saturated heterocycles. The van der Waals surface area contributed by atoms with Crippen LogP contribution in [0, 0.1) is 6.92 Å². The van der Waals surface area contributed by atoms with E-state index >= 15 is 0 Å². The van der Waals surface area contributed by atoms with Gasteiger partial charge in [-0.2, -0.15) is 0 Å². The average Bonchev–Trinajstić information content (AvgIpc) is 3.13. The predicted octanol–water partition coefficient (Wildman–Crippen LogP) is 4.09. The van der Waals surface area contributed by atoms with Crippen LogP contribution in [0.1, 0.15) is 32.7 Å². The van der Waals surface area contributed by atoms with Gasteiger partial charge in [0, 0.05) is 29.7 Å². The predicted molar refractivity (Wildman–Crippen MR) is 113 cm³/mol. The van der Waals surface area contributed by atoms with Crippen LogP contribution >= 0.6 is 11.3 Å². The van der Waals surface area contributed by atoms with Crippen LogP contribution in [0.25, 0.3) is 11.1 Å². The van der Waals surface area contributed by atoms with E-state index in [0.717, 1.165) is 16.7 Å². The molecule has 0 fully saturated rings. The third-order valence-electron chi connectivity index (χ3n) is 4.26. The van der Waals surface area contributed by atoms with Crippen molar-refractivity contribution in [3.05, 3.63) is 76.7 Å². The summed E-state index contributed by atoms with van der Waals surface area (Å²) in [5.41, 5.74) is 3.72. The van der Waals surface area contributed by atoms with Crippen molar-refractivity contribution in [2.45, 2.75) is 13.3 Å². The highest BCUT2D eigenvalue weighted by atomic mass is 32.1. The Kier molecular flexibility index (Phi) is 6.57. The zero-order valence-corrected chi connectivity index (χ0v) is 16.4. The van der Waals surface area contributed by atoms with Gasteiger partial charge in [0.2, 0.25) is 0 Å². The first-order valence-corrected chi connectivity index (χ1v) is 9.92. The molecular weight excluding hydrogens is 372 g/mol. The lowest BCUT2D eigenvalue weighted by Gasteiger charge is -2.10. The number of amides is 2. The summed E-state index contributed by atoms with van der Waals surface area (Å²) in [7, 11) is 0. The third kappa shape index (κ3) is 4.65. The molecule has 0 spiro atoms. The third-order valence-corrected chi connectivity index (χ3v) is 5.16. The molecule has 2 aromatic carbocycles. The zero-order valence-electron chi connectivity index (χ0n) is 15.6. The normalized spacial score (nSPS) is 10.5. The molecule has 1 aromatic heterocycles. The zero-order chi connectivity index (χ0) is 19.9. The molecule has 0 atom stereocenters. The number of hydrogen-bond acceptors (Lipinski definition) is 4. The van der Waals surface area contributed by atoms with Crippen molar-refractivity contribution in [2.24, 2.45) is 0 Å². The minimum atomic E-state index is -0.271. The van der Waals surface area contributed by atoms with Crippen molar-refractivity contribution in [1.82, 2.24) is 5.32 Å². The number of benzene rings is 2. The molecule has 3 rings (SSSR count). The lowest BCUT2D eigenvalue weighted by Crippen LogP contribution is -2.26. The van der Waals surface area contributed by atoms with Gasteiger partial charge >= 0.3 is 0 Å². The molecular formula is C22H22N2O3S. The molecule has 5 nitrogen and oxygen atoms in total. The number of aliphatic hydroxyl groups excluding tert-OH is 1. The fourth-order valence-electron chi connectivity index (χ4n) is 2.76. The summed E-state index contributed by atoms with van der Waals surface area (Å²) < 4.78 is 0. The maximum absolute atomic E-state index is 12.8. The van der Waals surface area contributed by atoms with Gasteiger partial charge in [0.15, 0.2) is 0 Å². The number of aryl methyl sites for hydroxylation is 1. The SMILES string of the molecule is Cc1ccc(C(=O)Nc2scc(-c3ccccc3)c2C(=O)NCCCO)cc1. The van der Waals surface area contributed by atoms with Gasteiger partial charge in [-0.05, 0) is 31.0 Å². The van der Waals surface area contributed by atoms with Gasteiger partial charge in [0.05, 0.1) is 5.56 Å². The number of hydrogen-bond donors (Lipinski definition) is 3. The summed E-state index contributed by atoms with van der Waals surface area (Å²) in [5, 5.41) is 17.0. The molecule has 0 aliphatic rings. The summed E-state index contributed by atoms with van der Waals surface area (Å²) in [6.07, 6.45) is 0.474. The van der Waals surface area contributed by atoms with Gasteiger partial charge in [0.1, 0.15) is 5.00 Å². The van der Waals surface area contributed by atoms with Crippen molar-refractivity contribution in [1.29, 1.82) is 0 Å². The van der Waals surface area contributed by atoms with Gasteiger partial charge in [-0.25, -0.2) is 0 Å². The summed E-state index contributed by atoms with van der Waals surface area (Å²) in [6, 6.07) is 16.9. The summed E-state index contributed by atoms with van der Waals surface area (Å²) in [6.45, 7) is 2.33. The average molecular weight is 394 g/mol. The number of carbonyl (C=O) groups is 2. The lowest BCUT2D eigenvalue weighted by molar-refractivity contribution is 0.0953. The monoisotopic (exact) mass is 394 g/mol. The highest BCUT2D eigenvalue weighted by molar-refractivity contribution is 7.15. The van der Waals surface area contributed by atoms with Gasteiger partial charge in [-0.15, -0.1) is 11.3 Å². The molecule has 3 aromatic rings. The number of anilines is 1. The van der Waals surface area contributed by atoms with E-state index in [9.17, 15) is 9.59 Å². The van der Waals surface area contributed by atoms with E-state index in [1.54, 1.807) is 12.1 Å². The van der Waals surface area contributed by atoms with E-state index < -0.39 is 0 Å². The molecule has 28 heavy (non-hydrogen) atoms. The minimum absolute atomic E-state index is 0.00642. The van der Waals surface area contributed by atoms with Crippen LogP contribution in [0.4, 0.5) is 5.00 Å². The van der Waals surface area contributed by atoms with Crippen molar-refractivity contribution >= 4 is 28.2 Å². The van der Waals surface area contributed by atoms with E-state index in [-0.39, 0.29) is 18.4 Å². The number of rotatable bonds is 7. The second-order valence-corrected chi connectivity index (χ2v) is 7.25. The highest BCUT2D eigenvalue weighted by Crippen LogP contribution is 2.35. The topological polar surface area (TPSA) is 78.4 Å². The van der Waals surface area contributed by atoms with E-state index in [1.165, 1.54) is 11.3 Å². The Morgan fingerprint density at radius 2 is 1.71 bits per heavy atom. The Bertz CT molecular complexity index is 950. The molecule has 0 saturated carbocycles. The molecule has 0 bridgehead atoms. The molecule has 0 aliphatic heterocycles. The highest BCUT2D eigenvalue weighted by Gasteiger charge is 2.21. The largest absolute Gasteiger partial charge is 0.396 e. The van der Waals surface area contributed by atoms with Gasteiger partial charge in [-0.1, -0.05) is 48.0 Å². The summed E-state index contributed by atoms with van der Waals surface area (Å²) in [5.74, 6) is -0.529. The number of aliphatic hydroxyl groups is 1. The molecule has 1 heterocycles. The minimum Gasteiger partial charge on any atom is -0.396 e. The number of thiophene rings is 1. The number of nitrogens with one attached hydrogen (secondary N) is 2. The van der Waals surface area contributed by atoms with Crippen LogP contribution in [0.15, 0.2) is 60.0 Å². The molecule has 2 amide bonds. The molecule has 0 aliphatic carbocycles. The second-order valence-electron chi connectivity index (χ2n) is 6.37.